The van der Waals surface area contributed by atoms with Crippen LogP contribution in [0.1, 0.15) is 62.8 Å². The van der Waals surface area contributed by atoms with E-state index in [0.29, 0.717) is 6.61 Å². The van der Waals surface area contributed by atoms with E-state index in [1.165, 1.54) is 82.2 Å². The predicted molar refractivity (Wildman–Crippen MR) is 149 cm³/mol. The molecule has 2 saturated heterocycles. The van der Waals surface area contributed by atoms with E-state index in [1.807, 2.05) is 24.3 Å². The number of piperidine rings is 2. The lowest BCUT2D eigenvalue weighted by atomic mass is 9.98. The number of fused-ring (bicyclic) bond motifs is 1. The van der Waals surface area contributed by atoms with Crippen LogP contribution in [0, 0.1) is 6.92 Å². The highest BCUT2D eigenvalue weighted by atomic mass is 35.5. The zero-order valence-electron chi connectivity index (χ0n) is 21.8. The third-order valence-corrected chi connectivity index (χ3v) is 8.30. The van der Waals surface area contributed by atoms with Gasteiger partial charge in [-0.15, -0.1) is 0 Å². The molecule has 2 aliphatic rings. The quantitative estimate of drug-likeness (QED) is 0.305. The van der Waals surface area contributed by atoms with Crippen LogP contribution in [0.3, 0.4) is 0 Å². The number of ether oxygens (including phenoxy) is 1. The number of aryl methyl sites for hydroxylation is 2. The highest BCUT2D eigenvalue weighted by molar-refractivity contribution is 6.30. The minimum absolute atomic E-state index is 0.456. The average molecular weight is 509 g/mol. The number of benzene rings is 2. The number of hydrogen-bond donors (Lipinski definition) is 0. The molecule has 0 radical (unpaired) electrons. The lowest BCUT2D eigenvalue weighted by Gasteiger charge is -2.37. The van der Waals surface area contributed by atoms with Gasteiger partial charge in [-0.2, -0.15) is 0 Å². The summed E-state index contributed by atoms with van der Waals surface area (Å²) >= 11 is 6.04. The molecule has 1 unspecified atom stereocenters. The van der Waals surface area contributed by atoms with Crippen molar-refractivity contribution in [3.05, 3.63) is 58.9 Å². The fourth-order valence-electron chi connectivity index (χ4n) is 6.00. The summed E-state index contributed by atoms with van der Waals surface area (Å²) < 4.78 is 8.48. The van der Waals surface area contributed by atoms with Crippen molar-refractivity contribution in [3.8, 4) is 5.75 Å². The molecule has 0 bridgehead atoms. The molecule has 0 spiro atoms. The summed E-state index contributed by atoms with van der Waals surface area (Å²) in [6.07, 6.45) is 10.7. The minimum atomic E-state index is 0.456. The number of nitrogens with zero attached hydrogens (tertiary/aromatic N) is 4. The topological polar surface area (TPSA) is 33.5 Å². The first-order chi connectivity index (χ1) is 17.7. The highest BCUT2D eigenvalue weighted by Gasteiger charge is 2.23. The summed E-state index contributed by atoms with van der Waals surface area (Å²) in [4.78, 5) is 10.5. The van der Waals surface area contributed by atoms with Gasteiger partial charge in [0.25, 0.3) is 0 Å². The summed E-state index contributed by atoms with van der Waals surface area (Å²) in [6.45, 7) is 9.87. The van der Waals surface area contributed by atoms with Gasteiger partial charge in [-0.3, -0.25) is 0 Å². The van der Waals surface area contributed by atoms with Crippen molar-refractivity contribution in [2.45, 2.75) is 77.5 Å². The number of halogens is 1. The van der Waals surface area contributed by atoms with Crippen molar-refractivity contribution in [1.82, 2.24) is 19.4 Å². The summed E-state index contributed by atoms with van der Waals surface area (Å²) in [5, 5.41) is 0.720. The van der Waals surface area contributed by atoms with Gasteiger partial charge in [-0.25, -0.2) is 4.98 Å². The Kier molecular flexibility index (Phi) is 8.84. The molecule has 6 heteroatoms. The first-order valence-corrected chi connectivity index (χ1v) is 14.3. The van der Waals surface area contributed by atoms with Gasteiger partial charge in [0.05, 0.1) is 11.0 Å². The molecule has 0 saturated carbocycles. The lowest BCUT2D eigenvalue weighted by molar-refractivity contribution is 0.117. The van der Waals surface area contributed by atoms with E-state index in [-0.39, 0.29) is 0 Å². The second-order valence-electron chi connectivity index (χ2n) is 10.6. The maximum Gasteiger partial charge on any atom is 0.148 e. The number of imidazole rings is 1. The molecule has 1 atom stereocenters. The third-order valence-electron chi connectivity index (χ3n) is 8.04. The van der Waals surface area contributed by atoms with Crippen LogP contribution in [0.25, 0.3) is 11.0 Å². The largest absolute Gasteiger partial charge is 0.486 e. The predicted octanol–water partition coefficient (Wildman–Crippen LogP) is 6.70. The van der Waals surface area contributed by atoms with E-state index >= 15 is 0 Å². The molecule has 2 aromatic carbocycles. The van der Waals surface area contributed by atoms with Crippen LogP contribution in [0.5, 0.6) is 5.75 Å². The van der Waals surface area contributed by atoms with E-state index in [9.17, 15) is 0 Å². The molecule has 2 aliphatic heterocycles. The van der Waals surface area contributed by atoms with Gasteiger partial charge in [0.15, 0.2) is 0 Å². The Bertz CT molecular complexity index is 1110. The Balaban J connectivity index is 1.22. The van der Waals surface area contributed by atoms with Crippen molar-refractivity contribution in [1.29, 1.82) is 0 Å². The maximum atomic E-state index is 6.10. The highest BCUT2D eigenvalue weighted by Crippen LogP contribution is 2.24. The molecule has 5 rings (SSSR count). The van der Waals surface area contributed by atoms with Crippen molar-refractivity contribution < 1.29 is 4.74 Å². The van der Waals surface area contributed by atoms with Crippen LogP contribution < -0.4 is 4.74 Å². The molecule has 0 N–H and O–H groups in total. The fraction of sp³-hybridized carbons (Fsp3) is 0.567. The smallest absolute Gasteiger partial charge is 0.148 e. The van der Waals surface area contributed by atoms with Crippen LogP contribution in [0.15, 0.2) is 42.5 Å². The number of aromatic nitrogens is 2. The Morgan fingerprint density at radius 1 is 0.917 bits per heavy atom. The van der Waals surface area contributed by atoms with Gasteiger partial charge in [-0.05, 0) is 108 Å². The van der Waals surface area contributed by atoms with Crippen LogP contribution in [0.4, 0.5) is 0 Å². The molecule has 5 nitrogen and oxygen atoms in total. The average Bonchev–Trinajstić information content (AvgIpc) is 3.27. The molecule has 2 fully saturated rings. The maximum absolute atomic E-state index is 6.10. The zero-order valence-corrected chi connectivity index (χ0v) is 22.6. The standard InChI is InChI=1S/C30H41ClN4O/c1-24-9-7-11-28-30(24)32-29(23-36-27-14-12-25(31)13-15-27)35(28)21-8-20-34-19-6-3-10-26(34)16-22-33-17-4-2-5-18-33/h7,9,11-15,26H,2-6,8,10,16-23H2,1H3. The summed E-state index contributed by atoms with van der Waals surface area (Å²) in [6, 6.07) is 14.8. The van der Waals surface area contributed by atoms with E-state index < -0.39 is 0 Å². The van der Waals surface area contributed by atoms with Gasteiger partial charge in [0, 0.05) is 24.2 Å². The molecular formula is C30H41ClN4O. The summed E-state index contributed by atoms with van der Waals surface area (Å²) in [5.41, 5.74) is 3.52. The SMILES string of the molecule is Cc1cccc2c1nc(COc1ccc(Cl)cc1)n2CCCN1CCCCC1CCN1CCCCC1. The molecule has 0 amide bonds. The molecule has 36 heavy (non-hydrogen) atoms. The van der Waals surface area contributed by atoms with Crippen molar-refractivity contribution >= 4 is 22.6 Å². The van der Waals surface area contributed by atoms with Crippen LogP contribution in [0.2, 0.25) is 5.02 Å². The first kappa shape index (κ1) is 25.6. The second kappa shape index (κ2) is 12.4. The van der Waals surface area contributed by atoms with E-state index in [1.54, 1.807) is 0 Å². The number of likely N-dealkylation sites (tertiary alicyclic amines) is 2. The van der Waals surface area contributed by atoms with Crippen molar-refractivity contribution in [2.24, 2.45) is 0 Å². The van der Waals surface area contributed by atoms with E-state index in [0.717, 1.165) is 47.7 Å². The first-order valence-electron chi connectivity index (χ1n) is 14.0. The number of para-hydroxylation sites is 1. The fourth-order valence-corrected chi connectivity index (χ4v) is 6.13. The van der Waals surface area contributed by atoms with Crippen LogP contribution in [-0.2, 0) is 13.2 Å². The van der Waals surface area contributed by atoms with Gasteiger partial charge in [0.1, 0.15) is 18.2 Å². The molecule has 3 aromatic rings. The number of rotatable bonds is 10. The van der Waals surface area contributed by atoms with Crippen LogP contribution >= 0.6 is 11.6 Å². The third kappa shape index (κ3) is 6.42. The molecule has 0 aliphatic carbocycles. The molecule has 194 valence electrons. The Morgan fingerprint density at radius 2 is 1.72 bits per heavy atom. The number of hydrogen-bond acceptors (Lipinski definition) is 4. The summed E-state index contributed by atoms with van der Waals surface area (Å²) in [7, 11) is 0. The van der Waals surface area contributed by atoms with Gasteiger partial charge < -0.3 is 19.1 Å². The Hall–Kier alpha value is -2.08. The van der Waals surface area contributed by atoms with Crippen molar-refractivity contribution in [2.75, 3.05) is 32.7 Å². The minimum Gasteiger partial charge on any atom is -0.486 e. The van der Waals surface area contributed by atoms with Gasteiger partial charge in [0.2, 0.25) is 0 Å². The molecule has 3 heterocycles. The molecule has 1 aromatic heterocycles. The van der Waals surface area contributed by atoms with E-state index in [2.05, 4.69) is 39.5 Å². The van der Waals surface area contributed by atoms with Crippen molar-refractivity contribution in [3.63, 3.8) is 0 Å². The second-order valence-corrected chi connectivity index (χ2v) is 11.0. The monoisotopic (exact) mass is 508 g/mol. The Morgan fingerprint density at radius 3 is 2.56 bits per heavy atom. The zero-order chi connectivity index (χ0) is 24.7. The van der Waals surface area contributed by atoms with Gasteiger partial charge in [-0.1, -0.05) is 36.6 Å². The van der Waals surface area contributed by atoms with Gasteiger partial charge >= 0.3 is 0 Å². The normalized spacial score (nSPS) is 19.7. The lowest BCUT2D eigenvalue weighted by Crippen LogP contribution is -2.43. The van der Waals surface area contributed by atoms with E-state index in [4.69, 9.17) is 21.3 Å². The Labute approximate surface area is 221 Å². The summed E-state index contributed by atoms with van der Waals surface area (Å²) in [5.74, 6) is 1.81. The van der Waals surface area contributed by atoms with Crippen LogP contribution in [-0.4, -0.2) is 58.1 Å². The molecular weight excluding hydrogens is 468 g/mol.